The van der Waals surface area contributed by atoms with E-state index in [0.29, 0.717) is 6.54 Å². The minimum atomic E-state index is -0.172. The summed E-state index contributed by atoms with van der Waals surface area (Å²) >= 11 is 0. The molecule has 1 aromatic carbocycles. The number of guanidine groups is 1. The van der Waals surface area contributed by atoms with Crippen molar-refractivity contribution in [2.24, 2.45) is 4.99 Å². The zero-order valence-electron chi connectivity index (χ0n) is 16.2. The van der Waals surface area contributed by atoms with Crippen LogP contribution < -0.4 is 10.6 Å². The molecule has 0 radical (unpaired) electrons. The Balaban J connectivity index is 0.00000225. The Labute approximate surface area is 182 Å². The van der Waals surface area contributed by atoms with Crippen LogP contribution in [0.1, 0.15) is 49.3 Å². The summed E-state index contributed by atoms with van der Waals surface area (Å²) in [6.07, 6.45) is 6.77. The van der Waals surface area contributed by atoms with Gasteiger partial charge in [-0.15, -0.1) is 34.2 Å². The molecule has 0 bridgehead atoms. The normalized spacial score (nSPS) is 17.9. The lowest BCUT2D eigenvalue weighted by atomic mass is 9.96. The van der Waals surface area contributed by atoms with Crippen molar-refractivity contribution < 1.29 is 4.39 Å². The van der Waals surface area contributed by atoms with Gasteiger partial charge in [0.2, 0.25) is 0 Å². The quantitative estimate of drug-likeness (QED) is 0.378. The number of halogens is 2. The maximum atomic E-state index is 13.6. The fourth-order valence-electron chi connectivity index (χ4n) is 3.85. The third-order valence-electron chi connectivity index (χ3n) is 5.71. The number of fused-ring (bicyclic) bond motifs is 1. The molecular formula is C20H28FIN6. The molecule has 152 valence electrons. The zero-order valence-corrected chi connectivity index (χ0v) is 18.6. The summed E-state index contributed by atoms with van der Waals surface area (Å²) in [5.74, 6) is 2.62. The van der Waals surface area contributed by atoms with Crippen LogP contribution in [-0.2, 0) is 24.9 Å². The highest BCUT2D eigenvalue weighted by atomic mass is 127. The van der Waals surface area contributed by atoms with E-state index in [1.807, 2.05) is 6.07 Å². The van der Waals surface area contributed by atoms with Crippen molar-refractivity contribution in [3.05, 3.63) is 47.3 Å². The summed E-state index contributed by atoms with van der Waals surface area (Å²) in [5.41, 5.74) is 1.08. The van der Waals surface area contributed by atoms with Crippen molar-refractivity contribution >= 4 is 29.9 Å². The van der Waals surface area contributed by atoms with Crippen LogP contribution in [0.25, 0.3) is 0 Å². The van der Waals surface area contributed by atoms with Gasteiger partial charge in [-0.3, -0.25) is 4.99 Å². The van der Waals surface area contributed by atoms with Crippen LogP contribution in [0.3, 0.4) is 0 Å². The number of hydrogen-bond donors (Lipinski definition) is 2. The zero-order chi connectivity index (χ0) is 18.7. The molecule has 8 heteroatoms. The van der Waals surface area contributed by atoms with Crippen LogP contribution in [0.15, 0.2) is 29.3 Å². The van der Waals surface area contributed by atoms with Crippen molar-refractivity contribution in [3.8, 4) is 0 Å². The fourth-order valence-corrected chi connectivity index (χ4v) is 3.85. The van der Waals surface area contributed by atoms with E-state index in [9.17, 15) is 4.39 Å². The van der Waals surface area contributed by atoms with Gasteiger partial charge in [-0.2, -0.15) is 0 Å². The van der Waals surface area contributed by atoms with E-state index in [1.165, 1.54) is 25.3 Å². The van der Waals surface area contributed by atoms with Gasteiger partial charge in [-0.25, -0.2) is 4.39 Å². The highest BCUT2D eigenvalue weighted by Gasteiger charge is 2.44. The molecule has 2 heterocycles. The average Bonchev–Trinajstić information content (AvgIpc) is 3.43. The highest BCUT2D eigenvalue weighted by Crippen LogP contribution is 2.47. The van der Waals surface area contributed by atoms with E-state index in [4.69, 9.17) is 0 Å². The fraction of sp³-hybridized carbons (Fsp3) is 0.550. The van der Waals surface area contributed by atoms with Crippen LogP contribution in [0, 0.1) is 5.82 Å². The molecule has 28 heavy (non-hydrogen) atoms. The first-order valence-corrected chi connectivity index (χ1v) is 9.82. The molecule has 1 aliphatic heterocycles. The molecule has 1 fully saturated rings. The SMILES string of the molecule is CN=C(NCc1nnc2n1CCCCC2)NCC1(c2cccc(F)c2)CC1.I. The van der Waals surface area contributed by atoms with Crippen LogP contribution in [0.5, 0.6) is 0 Å². The summed E-state index contributed by atoms with van der Waals surface area (Å²) in [5, 5.41) is 15.4. The molecular weight excluding hydrogens is 470 g/mol. The van der Waals surface area contributed by atoms with Gasteiger partial charge < -0.3 is 15.2 Å². The van der Waals surface area contributed by atoms with Crippen molar-refractivity contribution in [1.29, 1.82) is 0 Å². The van der Waals surface area contributed by atoms with Crippen LogP contribution in [0.2, 0.25) is 0 Å². The first-order valence-electron chi connectivity index (χ1n) is 9.82. The van der Waals surface area contributed by atoms with Crippen LogP contribution >= 0.6 is 24.0 Å². The Kier molecular flexibility index (Phi) is 6.90. The molecule has 1 aromatic heterocycles. The van der Waals surface area contributed by atoms with Gasteiger partial charge in [0.15, 0.2) is 11.8 Å². The largest absolute Gasteiger partial charge is 0.356 e. The first kappa shape index (κ1) is 21.0. The minimum absolute atomic E-state index is 0. The average molecular weight is 498 g/mol. The molecule has 6 nitrogen and oxygen atoms in total. The predicted molar refractivity (Wildman–Crippen MR) is 119 cm³/mol. The van der Waals surface area contributed by atoms with Gasteiger partial charge in [-0.1, -0.05) is 18.6 Å². The van der Waals surface area contributed by atoms with Gasteiger partial charge >= 0.3 is 0 Å². The van der Waals surface area contributed by atoms with Crippen LogP contribution in [0.4, 0.5) is 4.39 Å². The number of aromatic nitrogens is 3. The molecule has 0 spiro atoms. The van der Waals surface area contributed by atoms with E-state index in [-0.39, 0.29) is 35.2 Å². The second-order valence-electron chi connectivity index (χ2n) is 7.56. The first-order chi connectivity index (χ1) is 13.2. The monoisotopic (exact) mass is 498 g/mol. The third kappa shape index (κ3) is 4.64. The second kappa shape index (κ2) is 9.19. The van der Waals surface area contributed by atoms with Crippen LogP contribution in [-0.4, -0.2) is 34.3 Å². The standard InChI is InChI=1S/C20H27FN6.HI/c1-22-19(23-13-18-26-25-17-8-3-2-4-11-27(17)18)24-14-20(9-10-20)15-6-5-7-16(21)12-15;/h5-7,12H,2-4,8-11,13-14H2,1H3,(H2,22,23,24);1H. The van der Waals surface area contributed by atoms with Crippen molar-refractivity contribution in [1.82, 2.24) is 25.4 Å². The Morgan fingerprint density at radius 1 is 1.21 bits per heavy atom. The lowest BCUT2D eigenvalue weighted by molar-refractivity contribution is 0.591. The van der Waals surface area contributed by atoms with E-state index < -0.39 is 0 Å². The molecule has 0 unspecified atom stereocenters. The molecule has 1 aliphatic carbocycles. The molecule has 0 amide bonds. The van der Waals surface area contributed by atoms with E-state index in [0.717, 1.165) is 55.5 Å². The number of aryl methyl sites for hydroxylation is 1. The lowest BCUT2D eigenvalue weighted by Crippen LogP contribution is -2.41. The van der Waals surface area contributed by atoms with Gasteiger partial charge in [-0.05, 0) is 43.4 Å². The Morgan fingerprint density at radius 2 is 2.07 bits per heavy atom. The topological polar surface area (TPSA) is 67.1 Å². The van der Waals surface area contributed by atoms with E-state index in [1.54, 1.807) is 19.2 Å². The van der Waals surface area contributed by atoms with Crippen molar-refractivity contribution in [2.75, 3.05) is 13.6 Å². The van der Waals surface area contributed by atoms with Gasteiger partial charge in [0, 0.05) is 32.0 Å². The molecule has 2 aliphatic rings. The molecule has 2 aromatic rings. The summed E-state index contributed by atoms with van der Waals surface area (Å²) in [6.45, 7) is 2.34. The highest BCUT2D eigenvalue weighted by molar-refractivity contribution is 14.0. The summed E-state index contributed by atoms with van der Waals surface area (Å²) < 4.78 is 15.8. The van der Waals surface area contributed by atoms with Gasteiger partial charge in [0.1, 0.15) is 11.6 Å². The Bertz CT molecular complexity index is 830. The third-order valence-corrected chi connectivity index (χ3v) is 5.71. The molecule has 1 saturated carbocycles. The Morgan fingerprint density at radius 3 is 2.82 bits per heavy atom. The number of nitrogens with zero attached hydrogens (tertiary/aromatic N) is 4. The molecule has 4 rings (SSSR count). The smallest absolute Gasteiger partial charge is 0.191 e. The predicted octanol–water partition coefficient (Wildman–Crippen LogP) is 3.16. The summed E-state index contributed by atoms with van der Waals surface area (Å²) in [4.78, 5) is 4.32. The molecule has 0 atom stereocenters. The van der Waals surface area contributed by atoms with Gasteiger partial charge in [0.05, 0.1) is 6.54 Å². The molecule has 0 saturated heterocycles. The maximum absolute atomic E-state index is 13.6. The molecule has 2 N–H and O–H groups in total. The Hall–Kier alpha value is -1.71. The lowest BCUT2D eigenvalue weighted by Gasteiger charge is -2.19. The minimum Gasteiger partial charge on any atom is -0.356 e. The van der Waals surface area contributed by atoms with E-state index in [2.05, 4.69) is 30.4 Å². The van der Waals surface area contributed by atoms with E-state index >= 15 is 0 Å². The number of hydrogen-bond acceptors (Lipinski definition) is 3. The van der Waals surface area contributed by atoms with Crippen molar-refractivity contribution in [2.45, 2.75) is 57.0 Å². The number of nitrogens with one attached hydrogen (secondary N) is 2. The number of aliphatic imine (C=N–C) groups is 1. The second-order valence-corrected chi connectivity index (χ2v) is 7.56. The van der Waals surface area contributed by atoms with Gasteiger partial charge in [0.25, 0.3) is 0 Å². The maximum Gasteiger partial charge on any atom is 0.191 e. The van der Waals surface area contributed by atoms with Crippen molar-refractivity contribution in [3.63, 3.8) is 0 Å². The summed E-state index contributed by atoms with van der Waals surface area (Å²) in [6, 6.07) is 6.94. The summed E-state index contributed by atoms with van der Waals surface area (Å²) in [7, 11) is 1.77. The number of rotatable bonds is 5. The number of benzene rings is 1.